The highest BCUT2D eigenvalue weighted by atomic mass is 16.2. The van der Waals surface area contributed by atoms with Crippen LogP contribution in [0.5, 0.6) is 0 Å². The molecule has 0 aliphatic carbocycles. The summed E-state index contributed by atoms with van der Waals surface area (Å²) in [4.78, 5) is 27.5. The number of fused-ring (bicyclic) bond motifs is 1. The number of benzene rings is 3. The first-order valence-corrected chi connectivity index (χ1v) is 11.0. The smallest absolute Gasteiger partial charge is 0.319 e. The van der Waals surface area contributed by atoms with Gasteiger partial charge in [-0.15, -0.1) is 0 Å². The van der Waals surface area contributed by atoms with Gasteiger partial charge in [0.15, 0.2) is 0 Å². The molecule has 1 heterocycles. The first-order valence-electron chi connectivity index (χ1n) is 11.0. The number of nitrogens with one attached hydrogen (secondary N) is 3. The van der Waals surface area contributed by atoms with Gasteiger partial charge >= 0.3 is 6.03 Å². The van der Waals surface area contributed by atoms with Gasteiger partial charge in [-0.25, -0.2) is 4.79 Å². The molecule has 0 radical (unpaired) electrons. The molecular weight excluding hydrogens is 414 g/mol. The highest BCUT2D eigenvalue weighted by molar-refractivity contribution is 6.04. The maximum Gasteiger partial charge on any atom is 0.319 e. The van der Waals surface area contributed by atoms with Crippen molar-refractivity contribution in [2.45, 2.75) is 25.9 Å². The van der Waals surface area contributed by atoms with Crippen LogP contribution in [0.3, 0.4) is 0 Å². The summed E-state index contributed by atoms with van der Waals surface area (Å²) in [5.41, 5.74) is 11.7. The fourth-order valence-electron chi connectivity index (χ4n) is 3.94. The van der Waals surface area contributed by atoms with Crippen LogP contribution in [0.25, 0.3) is 0 Å². The lowest BCUT2D eigenvalue weighted by Gasteiger charge is -2.25. The number of carbonyl (C=O) groups excluding carboxylic acids is 2. The summed E-state index contributed by atoms with van der Waals surface area (Å²) in [6, 6.07) is 19.7. The minimum atomic E-state index is -0.332. The number of rotatable bonds is 5. The Labute approximate surface area is 194 Å². The highest BCUT2D eigenvalue weighted by Gasteiger charge is 2.16. The molecule has 7 heteroatoms. The largest absolute Gasteiger partial charge is 0.399 e. The minimum Gasteiger partial charge on any atom is -0.399 e. The van der Waals surface area contributed by atoms with Crippen LogP contribution in [0, 0.1) is 0 Å². The molecule has 170 valence electrons. The second-order valence-electron chi connectivity index (χ2n) is 8.49. The van der Waals surface area contributed by atoms with Gasteiger partial charge in [0.2, 0.25) is 0 Å². The van der Waals surface area contributed by atoms with E-state index >= 15 is 0 Å². The normalized spacial score (nSPS) is 14.1. The lowest BCUT2D eigenvalue weighted by Crippen LogP contribution is -2.31. The van der Waals surface area contributed by atoms with Crippen LogP contribution in [-0.2, 0) is 13.0 Å². The van der Waals surface area contributed by atoms with Gasteiger partial charge in [-0.2, -0.15) is 0 Å². The van der Waals surface area contributed by atoms with Gasteiger partial charge in [0.1, 0.15) is 0 Å². The zero-order valence-electron chi connectivity index (χ0n) is 18.9. The summed E-state index contributed by atoms with van der Waals surface area (Å²) in [6.45, 7) is 3.81. The van der Waals surface area contributed by atoms with E-state index in [9.17, 15) is 9.59 Å². The Balaban J connectivity index is 1.39. The number of amides is 3. The van der Waals surface area contributed by atoms with Crippen LogP contribution >= 0.6 is 0 Å². The van der Waals surface area contributed by atoms with E-state index in [0.717, 1.165) is 30.8 Å². The standard InChI is InChI=1S/C26H29N5O2/c1-17(28-26(33)30-23-10-7-22(27)8-11-23)19-4-3-5-20(14-19)25(32)29-24-9-6-18-12-13-31(2)16-21(18)15-24/h3-11,14-15,17H,12-13,16,27H2,1-2H3,(H,29,32)(H2,28,30,33)/t17-/m1/s1. The Hall–Kier alpha value is -3.84. The van der Waals surface area contributed by atoms with Crippen molar-refractivity contribution in [3.05, 3.63) is 89.0 Å². The van der Waals surface area contributed by atoms with Crippen molar-refractivity contribution < 1.29 is 9.59 Å². The van der Waals surface area contributed by atoms with E-state index in [0.29, 0.717) is 16.9 Å². The second-order valence-corrected chi connectivity index (χ2v) is 8.49. The molecule has 7 nitrogen and oxygen atoms in total. The van der Waals surface area contributed by atoms with Crippen molar-refractivity contribution in [2.75, 3.05) is 30.0 Å². The predicted octanol–water partition coefficient (Wildman–Crippen LogP) is 4.39. The first-order chi connectivity index (χ1) is 15.9. The molecule has 0 unspecified atom stereocenters. The van der Waals surface area contributed by atoms with Crippen molar-refractivity contribution >= 4 is 29.0 Å². The number of nitrogens with zero attached hydrogens (tertiary/aromatic N) is 1. The van der Waals surface area contributed by atoms with Gasteiger partial charge in [-0.3, -0.25) is 4.79 Å². The van der Waals surface area contributed by atoms with Crippen LogP contribution in [0.4, 0.5) is 21.9 Å². The van der Waals surface area contributed by atoms with E-state index < -0.39 is 0 Å². The predicted molar refractivity (Wildman–Crippen MR) is 132 cm³/mol. The number of nitrogen functional groups attached to an aromatic ring is 1. The van der Waals surface area contributed by atoms with Gasteiger partial charge in [-0.1, -0.05) is 18.2 Å². The molecule has 0 aromatic heterocycles. The Morgan fingerprint density at radius 3 is 2.48 bits per heavy atom. The van der Waals surface area contributed by atoms with Gasteiger partial charge in [-0.05, 0) is 85.6 Å². The molecule has 3 aromatic rings. The number of anilines is 3. The van der Waals surface area contributed by atoms with Crippen molar-refractivity contribution in [3.8, 4) is 0 Å². The molecule has 0 saturated carbocycles. The molecule has 1 aliphatic rings. The van der Waals surface area contributed by atoms with E-state index in [1.165, 1.54) is 11.1 Å². The fourth-order valence-corrected chi connectivity index (χ4v) is 3.94. The Morgan fingerprint density at radius 2 is 1.70 bits per heavy atom. The maximum atomic E-state index is 12.9. The van der Waals surface area contributed by atoms with Crippen molar-refractivity contribution in [3.63, 3.8) is 0 Å². The quantitative estimate of drug-likeness (QED) is 0.440. The number of hydrogen-bond donors (Lipinski definition) is 4. The molecule has 33 heavy (non-hydrogen) atoms. The van der Waals surface area contributed by atoms with E-state index in [1.807, 2.05) is 25.1 Å². The highest BCUT2D eigenvalue weighted by Crippen LogP contribution is 2.23. The maximum absolute atomic E-state index is 12.9. The van der Waals surface area contributed by atoms with Gasteiger partial charge in [0.25, 0.3) is 5.91 Å². The topological polar surface area (TPSA) is 99.5 Å². The Bertz CT molecular complexity index is 1160. The Kier molecular flexibility index (Phi) is 6.60. The van der Waals surface area contributed by atoms with Gasteiger partial charge in [0, 0.05) is 35.7 Å². The van der Waals surface area contributed by atoms with Crippen molar-refractivity contribution in [1.82, 2.24) is 10.2 Å². The summed E-state index contributed by atoms with van der Waals surface area (Å²) < 4.78 is 0. The monoisotopic (exact) mass is 443 g/mol. The molecule has 0 bridgehead atoms. The molecule has 3 amide bonds. The van der Waals surface area contributed by atoms with Crippen molar-refractivity contribution in [2.24, 2.45) is 0 Å². The molecule has 4 rings (SSSR count). The van der Waals surface area contributed by atoms with E-state index in [2.05, 4.69) is 40.0 Å². The molecule has 0 spiro atoms. The number of nitrogens with two attached hydrogens (primary N) is 1. The molecule has 1 aliphatic heterocycles. The zero-order valence-corrected chi connectivity index (χ0v) is 18.9. The van der Waals surface area contributed by atoms with E-state index in [1.54, 1.807) is 36.4 Å². The molecule has 3 aromatic carbocycles. The van der Waals surface area contributed by atoms with Crippen molar-refractivity contribution in [1.29, 1.82) is 0 Å². The van der Waals surface area contributed by atoms with Crippen LogP contribution < -0.4 is 21.7 Å². The van der Waals surface area contributed by atoms with Crippen LogP contribution in [-0.4, -0.2) is 30.4 Å². The van der Waals surface area contributed by atoms with Crippen LogP contribution in [0.15, 0.2) is 66.7 Å². The number of carbonyl (C=O) groups is 2. The Morgan fingerprint density at radius 1 is 0.939 bits per heavy atom. The lowest BCUT2D eigenvalue weighted by atomic mass is 9.99. The van der Waals surface area contributed by atoms with Gasteiger partial charge in [0.05, 0.1) is 6.04 Å². The van der Waals surface area contributed by atoms with E-state index in [4.69, 9.17) is 5.73 Å². The summed E-state index contributed by atoms with van der Waals surface area (Å²) in [5, 5.41) is 8.68. The zero-order chi connectivity index (χ0) is 23.4. The number of likely N-dealkylation sites (N-methyl/N-ethyl adjacent to an activating group) is 1. The summed E-state index contributed by atoms with van der Waals surface area (Å²) >= 11 is 0. The lowest BCUT2D eigenvalue weighted by molar-refractivity contribution is 0.102. The second kappa shape index (κ2) is 9.75. The molecular formula is C26H29N5O2. The summed E-state index contributed by atoms with van der Waals surface area (Å²) in [5.74, 6) is -0.181. The third kappa shape index (κ3) is 5.70. The summed E-state index contributed by atoms with van der Waals surface area (Å²) in [7, 11) is 2.10. The minimum absolute atomic E-state index is 0.181. The molecule has 0 saturated heterocycles. The third-order valence-electron chi connectivity index (χ3n) is 5.83. The summed E-state index contributed by atoms with van der Waals surface area (Å²) in [6.07, 6.45) is 1.03. The third-order valence-corrected chi connectivity index (χ3v) is 5.83. The van der Waals surface area contributed by atoms with Gasteiger partial charge < -0.3 is 26.6 Å². The SMILES string of the molecule is C[C@@H](NC(=O)Nc1ccc(N)cc1)c1cccc(C(=O)Nc2ccc3c(c2)CN(C)CC3)c1. The molecule has 5 N–H and O–H groups in total. The fraction of sp³-hybridized carbons (Fsp3) is 0.231. The molecule has 1 atom stereocenters. The average molecular weight is 444 g/mol. The van der Waals surface area contributed by atoms with Crippen LogP contribution in [0.1, 0.15) is 40.0 Å². The van der Waals surface area contributed by atoms with Crippen LogP contribution in [0.2, 0.25) is 0 Å². The number of urea groups is 1. The average Bonchev–Trinajstić information content (AvgIpc) is 2.80. The molecule has 0 fully saturated rings. The van der Waals surface area contributed by atoms with E-state index in [-0.39, 0.29) is 18.0 Å². The number of hydrogen-bond acceptors (Lipinski definition) is 4. The first kappa shape index (κ1) is 22.4.